The fourth-order valence-corrected chi connectivity index (χ4v) is 4.07. The highest BCUT2D eigenvalue weighted by molar-refractivity contribution is 9.11. The van der Waals surface area contributed by atoms with Gasteiger partial charge in [-0.1, -0.05) is 44.0 Å². The Morgan fingerprint density at radius 1 is 1.00 bits per heavy atom. The first-order valence-corrected chi connectivity index (χ1v) is 12.1. The van der Waals surface area contributed by atoms with E-state index >= 15 is 0 Å². The molecule has 0 aliphatic rings. The monoisotopic (exact) mass is 634 g/mol. The van der Waals surface area contributed by atoms with Gasteiger partial charge < -0.3 is 13.9 Å². The van der Waals surface area contributed by atoms with Gasteiger partial charge in [-0.2, -0.15) is 5.10 Å². The van der Waals surface area contributed by atoms with E-state index in [4.69, 9.17) is 13.9 Å². The first-order valence-electron chi connectivity index (χ1n) is 9.70. The van der Waals surface area contributed by atoms with Crippen LogP contribution in [0.15, 0.2) is 83.6 Å². The fraction of sp³-hybridized carbons (Fsp3) is 0.0833. The maximum Gasteiger partial charge on any atom is 0.307 e. The Hall–Kier alpha value is -2.62. The quantitative estimate of drug-likeness (QED) is 0.174. The van der Waals surface area contributed by atoms with Crippen molar-refractivity contribution in [1.82, 2.24) is 5.43 Å². The van der Waals surface area contributed by atoms with Crippen LogP contribution >= 0.6 is 47.8 Å². The van der Waals surface area contributed by atoms with Crippen molar-refractivity contribution in [3.8, 4) is 11.5 Å². The predicted octanol–water partition coefficient (Wildman–Crippen LogP) is 7.07. The number of methoxy groups -OCH3 is 1. The molecule has 33 heavy (non-hydrogen) atoms. The van der Waals surface area contributed by atoms with E-state index in [1.54, 1.807) is 31.4 Å². The minimum absolute atomic E-state index is 0.175. The summed E-state index contributed by atoms with van der Waals surface area (Å²) in [6.07, 6.45) is 1.52. The Morgan fingerprint density at radius 3 is 2.52 bits per heavy atom. The largest absolute Gasteiger partial charge is 0.493 e. The number of hydrogen-bond donors (Lipinski definition) is 1. The first kappa shape index (κ1) is 23.5. The summed E-state index contributed by atoms with van der Waals surface area (Å²) in [6, 6.07) is 18.7. The van der Waals surface area contributed by atoms with Crippen LogP contribution in [-0.2, 0) is 6.61 Å². The summed E-state index contributed by atoms with van der Waals surface area (Å²) in [4.78, 5) is 12.4. The summed E-state index contributed by atoms with van der Waals surface area (Å²) in [7, 11) is 1.57. The molecule has 0 atom stereocenters. The number of hydrazone groups is 1. The molecule has 0 unspecified atom stereocenters. The first-order chi connectivity index (χ1) is 15.9. The molecular formula is C24H17Br3N2O4. The molecule has 4 rings (SSSR count). The topological polar surface area (TPSA) is 73.1 Å². The minimum atomic E-state index is -0.448. The number of furan rings is 1. The lowest BCUT2D eigenvalue weighted by Gasteiger charge is -2.13. The van der Waals surface area contributed by atoms with E-state index in [0.29, 0.717) is 29.3 Å². The zero-order valence-electron chi connectivity index (χ0n) is 17.3. The number of carbonyl (C=O) groups excluding carboxylic acids is 1. The molecule has 0 saturated heterocycles. The Morgan fingerprint density at radius 2 is 1.76 bits per heavy atom. The van der Waals surface area contributed by atoms with Crippen molar-refractivity contribution in [2.45, 2.75) is 6.61 Å². The van der Waals surface area contributed by atoms with Gasteiger partial charge in [0, 0.05) is 24.4 Å². The zero-order chi connectivity index (χ0) is 23.4. The van der Waals surface area contributed by atoms with Crippen molar-refractivity contribution in [2.24, 2.45) is 5.10 Å². The van der Waals surface area contributed by atoms with Crippen molar-refractivity contribution in [3.05, 3.63) is 91.0 Å². The van der Waals surface area contributed by atoms with Crippen LogP contribution in [0.2, 0.25) is 0 Å². The van der Waals surface area contributed by atoms with Gasteiger partial charge in [0.1, 0.15) is 12.2 Å². The Kier molecular flexibility index (Phi) is 7.52. The summed E-state index contributed by atoms with van der Waals surface area (Å²) in [5.41, 5.74) is 4.84. The summed E-state index contributed by atoms with van der Waals surface area (Å²) in [5, 5.41) is 4.87. The summed E-state index contributed by atoms with van der Waals surface area (Å²) in [5.74, 6) is 0.859. The Labute approximate surface area is 215 Å². The summed E-state index contributed by atoms with van der Waals surface area (Å²) in [6.45, 7) is 0.396. The van der Waals surface area contributed by atoms with E-state index in [9.17, 15) is 4.79 Å². The number of nitrogens with zero attached hydrogens (tertiary/aromatic N) is 1. The van der Waals surface area contributed by atoms with Gasteiger partial charge in [0.05, 0.1) is 13.3 Å². The third-order valence-electron chi connectivity index (χ3n) is 4.66. The molecule has 3 aromatic carbocycles. The van der Waals surface area contributed by atoms with Crippen molar-refractivity contribution in [1.29, 1.82) is 0 Å². The third kappa shape index (κ3) is 5.85. The highest BCUT2D eigenvalue weighted by Crippen LogP contribution is 2.33. The molecule has 1 aromatic heterocycles. The molecule has 9 heteroatoms. The highest BCUT2D eigenvalue weighted by atomic mass is 79.9. The van der Waals surface area contributed by atoms with E-state index in [2.05, 4.69) is 58.3 Å². The number of amides is 1. The molecule has 0 radical (unpaired) electrons. The van der Waals surface area contributed by atoms with Crippen LogP contribution in [0.25, 0.3) is 11.0 Å². The van der Waals surface area contributed by atoms with E-state index in [0.717, 1.165) is 24.4 Å². The van der Waals surface area contributed by atoms with Crippen molar-refractivity contribution < 1.29 is 18.7 Å². The van der Waals surface area contributed by atoms with Gasteiger partial charge in [0.15, 0.2) is 17.3 Å². The summed E-state index contributed by atoms with van der Waals surface area (Å²) < 4.78 is 19.6. The third-order valence-corrected chi connectivity index (χ3v) is 6.37. The molecule has 0 fully saturated rings. The van der Waals surface area contributed by atoms with Gasteiger partial charge in [-0.25, -0.2) is 5.43 Å². The van der Waals surface area contributed by atoms with Gasteiger partial charge in [-0.05, 0) is 70.0 Å². The lowest BCUT2D eigenvalue weighted by molar-refractivity contribution is 0.0929. The average molecular weight is 637 g/mol. The van der Waals surface area contributed by atoms with Gasteiger partial charge in [0.2, 0.25) is 0 Å². The van der Waals surface area contributed by atoms with E-state index in [1.807, 2.05) is 36.4 Å². The normalized spacial score (nSPS) is 11.2. The SMILES string of the molecule is COc1cc(/C=N/NC(=O)c2cc3cc(Br)ccc3o2)c(Br)cc1OCc1ccc(Br)cc1. The molecular weight excluding hydrogens is 620 g/mol. The number of carbonyl (C=O) groups is 1. The maximum atomic E-state index is 12.4. The average Bonchev–Trinajstić information content (AvgIpc) is 3.23. The molecule has 6 nitrogen and oxygen atoms in total. The molecule has 0 saturated carbocycles. The molecule has 168 valence electrons. The van der Waals surface area contributed by atoms with Gasteiger partial charge in [0.25, 0.3) is 0 Å². The smallest absolute Gasteiger partial charge is 0.307 e. The van der Waals surface area contributed by atoms with E-state index in [-0.39, 0.29) is 5.76 Å². The van der Waals surface area contributed by atoms with Crippen LogP contribution in [-0.4, -0.2) is 19.2 Å². The maximum absolute atomic E-state index is 12.4. The van der Waals surface area contributed by atoms with Crippen molar-refractivity contribution in [2.75, 3.05) is 7.11 Å². The Balaban J connectivity index is 1.44. The van der Waals surface area contributed by atoms with Crippen LogP contribution in [0.1, 0.15) is 21.7 Å². The van der Waals surface area contributed by atoms with Gasteiger partial charge in [-0.15, -0.1) is 0 Å². The molecule has 0 aliphatic carbocycles. The molecule has 4 aromatic rings. The lowest BCUT2D eigenvalue weighted by atomic mass is 10.2. The lowest BCUT2D eigenvalue weighted by Crippen LogP contribution is -2.16. The second-order valence-corrected chi connectivity index (χ2v) is 9.62. The standard InChI is InChI=1S/C24H17Br3N2O4/c1-31-21-10-16(19(27)11-22(21)32-13-14-2-4-17(25)5-3-14)12-28-29-24(30)23-9-15-8-18(26)6-7-20(15)33-23/h2-12H,13H2,1H3,(H,29,30)/b28-12+. The van der Waals surface area contributed by atoms with Crippen LogP contribution in [0.5, 0.6) is 11.5 Å². The summed E-state index contributed by atoms with van der Waals surface area (Å²) >= 11 is 10.3. The zero-order valence-corrected chi connectivity index (χ0v) is 22.0. The number of nitrogens with one attached hydrogen (secondary N) is 1. The second kappa shape index (κ2) is 10.5. The van der Waals surface area contributed by atoms with E-state index in [1.165, 1.54) is 6.21 Å². The van der Waals surface area contributed by atoms with Crippen LogP contribution in [0.3, 0.4) is 0 Å². The number of ether oxygens (including phenoxy) is 2. The van der Waals surface area contributed by atoms with E-state index < -0.39 is 5.91 Å². The number of fused-ring (bicyclic) bond motifs is 1. The van der Waals surface area contributed by atoms with Crippen LogP contribution in [0.4, 0.5) is 0 Å². The molecule has 1 heterocycles. The van der Waals surface area contributed by atoms with Crippen molar-refractivity contribution >= 4 is 70.9 Å². The molecule has 0 spiro atoms. The molecule has 1 N–H and O–H groups in total. The number of halogens is 3. The fourth-order valence-electron chi connectivity index (χ4n) is 3.01. The second-order valence-electron chi connectivity index (χ2n) is 6.93. The van der Waals surface area contributed by atoms with Gasteiger partial charge in [-0.3, -0.25) is 4.79 Å². The molecule has 0 aliphatic heterocycles. The van der Waals surface area contributed by atoms with Crippen LogP contribution in [0, 0.1) is 0 Å². The number of rotatable bonds is 7. The molecule has 0 bridgehead atoms. The van der Waals surface area contributed by atoms with Crippen LogP contribution < -0.4 is 14.9 Å². The Bertz CT molecular complexity index is 1330. The van der Waals surface area contributed by atoms with Crippen molar-refractivity contribution in [3.63, 3.8) is 0 Å². The number of benzene rings is 3. The predicted molar refractivity (Wildman–Crippen MR) is 138 cm³/mol. The minimum Gasteiger partial charge on any atom is -0.493 e. The highest BCUT2D eigenvalue weighted by Gasteiger charge is 2.13. The number of hydrogen-bond acceptors (Lipinski definition) is 5. The molecule has 1 amide bonds. The van der Waals surface area contributed by atoms with Gasteiger partial charge >= 0.3 is 5.91 Å².